The summed E-state index contributed by atoms with van der Waals surface area (Å²) < 4.78 is 8.26. The van der Waals surface area contributed by atoms with Crippen molar-refractivity contribution in [1.82, 2.24) is 19.7 Å². The average molecular weight is 395 g/mol. The Labute approximate surface area is 167 Å². The molecule has 144 valence electrons. The molecule has 3 heterocycles. The average Bonchev–Trinajstić information content (AvgIpc) is 3.05. The number of carbonyl (C=O) groups is 1. The molecule has 3 aromatic rings. The SMILES string of the molecule is CCCSc1nnc2c(n1)O[C@H](c1cccn1C)N(C(C)=O)c1ccccc1-2. The highest BCUT2D eigenvalue weighted by atomic mass is 32.2. The highest BCUT2D eigenvalue weighted by Gasteiger charge is 2.35. The van der Waals surface area contributed by atoms with Crippen molar-refractivity contribution in [2.45, 2.75) is 31.7 Å². The van der Waals surface area contributed by atoms with Crippen molar-refractivity contribution in [3.8, 4) is 17.1 Å². The van der Waals surface area contributed by atoms with Gasteiger partial charge < -0.3 is 9.30 Å². The summed E-state index contributed by atoms with van der Waals surface area (Å²) in [5.41, 5.74) is 2.89. The molecule has 1 amide bonds. The molecule has 4 rings (SSSR count). The van der Waals surface area contributed by atoms with Crippen LogP contribution in [-0.2, 0) is 11.8 Å². The highest BCUT2D eigenvalue weighted by Crippen LogP contribution is 2.43. The van der Waals surface area contributed by atoms with Crippen LogP contribution < -0.4 is 9.64 Å². The van der Waals surface area contributed by atoms with Crippen LogP contribution in [0.2, 0.25) is 0 Å². The van der Waals surface area contributed by atoms with E-state index in [1.807, 2.05) is 54.2 Å². The van der Waals surface area contributed by atoms with Crippen LogP contribution in [-0.4, -0.2) is 31.4 Å². The minimum absolute atomic E-state index is 0.125. The van der Waals surface area contributed by atoms with E-state index in [0.29, 0.717) is 16.7 Å². The molecule has 0 radical (unpaired) electrons. The lowest BCUT2D eigenvalue weighted by molar-refractivity contribution is -0.118. The second-order valence-corrected chi connectivity index (χ2v) is 7.58. The Hall–Kier alpha value is -2.87. The second-order valence-electron chi connectivity index (χ2n) is 6.52. The number of fused-ring (bicyclic) bond motifs is 3. The third-order valence-electron chi connectivity index (χ3n) is 4.52. The third-order valence-corrected chi connectivity index (χ3v) is 5.57. The van der Waals surface area contributed by atoms with Crippen LogP contribution in [0, 0.1) is 0 Å². The summed E-state index contributed by atoms with van der Waals surface area (Å²) in [6, 6.07) is 11.5. The number of ether oxygens (including phenoxy) is 1. The number of benzene rings is 1. The van der Waals surface area contributed by atoms with Crippen molar-refractivity contribution in [2.24, 2.45) is 7.05 Å². The molecule has 0 saturated heterocycles. The van der Waals surface area contributed by atoms with E-state index in [1.54, 1.807) is 4.90 Å². The first kappa shape index (κ1) is 18.5. The lowest BCUT2D eigenvalue weighted by Gasteiger charge is -2.29. The van der Waals surface area contributed by atoms with Crippen molar-refractivity contribution < 1.29 is 9.53 Å². The first-order chi connectivity index (χ1) is 13.6. The number of aryl methyl sites for hydroxylation is 1. The van der Waals surface area contributed by atoms with Gasteiger partial charge in [0.1, 0.15) is 0 Å². The lowest BCUT2D eigenvalue weighted by atomic mass is 10.1. The molecular formula is C20H21N5O2S. The number of nitrogens with zero attached hydrogens (tertiary/aromatic N) is 5. The van der Waals surface area contributed by atoms with Gasteiger partial charge in [-0.15, -0.1) is 10.2 Å². The minimum Gasteiger partial charge on any atom is -0.445 e. The summed E-state index contributed by atoms with van der Waals surface area (Å²) in [4.78, 5) is 18.9. The van der Waals surface area contributed by atoms with Crippen molar-refractivity contribution in [1.29, 1.82) is 0 Å². The van der Waals surface area contributed by atoms with Crippen LogP contribution in [0.5, 0.6) is 5.88 Å². The summed E-state index contributed by atoms with van der Waals surface area (Å²) in [7, 11) is 1.93. The number of para-hydroxylation sites is 1. The maximum atomic E-state index is 12.7. The van der Waals surface area contributed by atoms with E-state index >= 15 is 0 Å². The monoisotopic (exact) mass is 395 g/mol. The number of thioether (sulfide) groups is 1. The van der Waals surface area contributed by atoms with E-state index in [0.717, 1.165) is 29.1 Å². The molecule has 8 heteroatoms. The Bertz CT molecular complexity index is 1020. The van der Waals surface area contributed by atoms with Gasteiger partial charge in [-0.1, -0.05) is 36.9 Å². The fourth-order valence-electron chi connectivity index (χ4n) is 3.23. The van der Waals surface area contributed by atoms with Crippen LogP contribution >= 0.6 is 11.8 Å². The highest BCUT2D eigenvalue weighted by molar-refractivity contribution is 7.99. The first-order valence-electron chi connectivity index (χ1n) is 9.14. The zero-order valence-corrected chi connectivity index (χ0v) is 16.8. The maximum Gasteiger partial charge on any atom is 0.247 e. The Balaban J connectivity index is 1.91. The van der Waals surface area contributed by atoms with Crippen LogP contribution in [0.3, 0.4) is 0 Å². The van der Waals surface area contributed by atoms with E-state index in [4.69, 9.17) is 4.74 Å². The maximum absolute atomic E-state index is 12.7. The van der Waals surface area contributed by atoms with Gasteiger partial charge in [-0.25, -0.2) is 0 Å². The molecule has 1 atom stereocenters. The predicted molar refractivity (Wildman–Crippen MR) is 108 cm³/mol. The van der Waals surface area contributed by atoms with Gasteiger partial charge in [0.25, 0.3) is 0 Å². The van der Waals surface area contributed by atoms with Crippen molar-refractivity contribution in [3.63, 3.8) is 0 Å². The Morgan fingerprint density at radius 1 is 1.21 bits per heavy atom. The van der Waals surface area contributed by atoms with Crippen molar-refractivity contribution in [3.05, 3.63) is 48.3 Å². The van der Waals surface area contributed by atoms with Gasteiger partial charge in [0, 0.05) is 31.5 Å². The molecule has 1 aliphatic rings. The largest absolute Gasteiger partial charge is 0.445 e. The van der Waals surface area contributed by atoms with E-state index in [2.05, 4.69) is 22.1 Å². The third kappa shape index (κ3) is 3.24. The molecule has 2 aromatic heterocycles. The van der Waals surface area contributed by atoms with E-state index < -0.39 is 6.23 Å². The van der Waals surface area contributed by atoms with Crippen LogP contribution in [0.4, 0.5) is 5.69 Å². The first-order valence-corrected chi connectivity index (χ1v) is 10.1. The molecule has 0 saturated carbocycles. The molecule has 0 unspecified atom stereocenters. The van der Waals surface area contributed by atoms with E-state index in [1.165, 1.54) is 18.7 Å². The summed E-state index contributed by atoms with van der Waals surface area (Å²) in [5, 5.41) is 9.23. The van der Waals surface area contributed by atoms with Gasteiger partial charge in [0.2, 0.25) is 23.2 Å². The summed E-state index contributed by atoms with van der Waals surface area (Å²) in [6.07, 6.45) is 2.29. The normalized spacial score (nSPS) is 15.4. The Morgan fingerprint density at radius 3 is 2.75 bits per heavy atom. The molecule has 0 aliphatic carbocycles. The fraction of sp³-hybridized carbons (Fsp3) is 0.300. The van der Waals surface area contributed by atoms with Crippen LogP contribution in [0.25, 0.3) is 11.3 Å². The Morgan fingerprint density at radius 2 is 2.04 bits per heavy atom. The minimum atomic E-state index is -0.652. The van der Waals surface area contributed by atoms with Gasteiger partial charge in [0.05, 0.1) is 11.4 Å². The summed E-state index contributed by atoms with van der Waals surface area (Å²) in [6.45, 7) is 3.64. The number of carbonyl (C=O) groups excluding carboxylic acids is 1. The molecule has 0 fully saturated rings. The molecule has 28 heavy (non-hydrogen) atoms. The van der Waals surface area contributed by atoms with E-state index in [-0.39, 0.29) is 5.91 Å². The number of rotatable bonds is 4. The van der Waals surface area contributed by atoms with Gasteiger partial charge in [-0.05, 0) is 24.6 Å². The number of amides is 1. The van der Waals surface area contributed by atoms with Crippen molar-refractivity contribution >= 4 is 23.4 Å². The molecule has 0 N–H and O–H groups in total. The van der Waals surface area contributed by atoms with Gasteiger partial charge >= 0.3 is 0 Å². The second kappa shape index (κ2) is 7.63. The van der Waals surface area contributed by atoms with E-state index in [9.17, 15) is 4.79 Å². The lowest BCUT2D eigenvalue weighted by Crippen LogP contribution is -2.37. The zero-order chi connectivity index (χ0) is 19.7. The molecule has 7 nitrogen and oxygen atoms in total. The zero-order valence-electron chi connectivity index (χ0n) is 16.0. The fourth-order valence-corrected chi connectivity index (χ4v) is 3.86. The van der Waals surface area contributed by atoms with Crippen LogP contribution in [0.1, 0.15) is 32.2 Å². The molecule has 0 spiro atoms. The summed E-state index contributed by atoms with van der Waals surface area (Å²) in [5.74, 6) is 1.16. The quantitative estimate of drug-likeness (QED) is 0.625. The smallest absolute Gasteiger partial charge is 0.247 e. The van der Waals surface area contributed by atoms with Gasteiger partial charge in [-0.3, -0.25) is 9.69 Å². The molecule has 1 aromatic carbocycles. The number of aromatic nitrogens is 4. The number of hydrogen-bond donors (Lipinski definition) is 0. The van der Waals surface area contributed by atoms with Gasteiger partial charge in [-0.2, -0.15) is 4.98 Å². The molecule has 0 bridgehead atoms. The molecule has 1 aliphatic heterocycles. The number of hydrogen-bond acceptors (Lipinski definition) is 6. The Kier molecular flexibility index (Phi) is 5.04. The molecular weight excluding hydrogens is 374 g/mol. The summed E-state index contributed by atoms with van der Waals surface area (Å²) >= 11 is 1.54. The number of anilines is 1. The van der Waals surface area contributed by atoms with Crippen LogP contribution in [0.15, 0.2) is 47.8 Å². The van der Waals surface area contributed by atoms with Crippen molar-refractivity contribution in [2.75, 3.05) is 10.7 Å². The standard InChI is InChI=1S/C20H21N5O2S/c1-4-12-28-20-21-18-17(22-23-20)14-8-5-6-9-15(14)25(13(2)26)19(27-18)16-10-7-11-24(16)3/h5-11,19H,4,12H2,1-3H3/t19-/m1/s1. The topological polar surface area (TPSA) is 73.1 Å². The van der Waals surface area contributed by atoms with Gasteiger partial charge in [0.15, 0.2) is 5.69 Å². The predicted octanol–water partition coefficient (Wildman–Crippen LogP) is 3.82.